The van der Waals surface area contributed by atoms with Crippen molar-refractivity contribution in [2.24, 2.45) is 5.92 Å². The van der Waals surface area contributed by atoms with Crippen molar-refractivity contribution < 1.29 is 4.79 Å². The Labute approximate surface area is 163 Å². The molecule has 2 bridgehead atoms. The average Bonchev–Trinajstić information content (AvgIpc) is 2.67. The van der Waals surface area contributed by atoms with Crippen LogP contribution in [0.1, 0.15) is 30.1 Å². The fourth-order valence-electron chi connectivity index (χ4n) is 4.03. The number of pyridine rings is 1. The second-order valence-corrected chi connectivity index (χ2v) is 8.51. The molecule has 3 aliphatic rings. The zero-order chi connectivity index (χ0) is 18.1. The molecule has 4 nitrogen and oxygen atoms in total. The molecule has 5 rings (SSSR count). The normalized spacial score (nSPS) is 27.3. The molecule has 26 heavy (non-hydrogen) atoms. The van der Waals surface area contributed by atoms with E-state index in [9.17, 15) is 4.79 Å². The van der Waals surface area contributed by atoms with E-state index in [1.54, 1.807) is 18.0 Å². The standard InChI is InChI=1S/C20H22ClN3OS/c1-13-18(14-8-11-24(13)12-9-14)23-20(25)15-4-6-16(7-5-15)26-17-3-2-10-22-19(17)21/h2-7,10,13-14,18H,8-9,11-12H2,1H3,(H,23,25)/t13-,18-/m0/s1. The molecule has 1 amide bonds. The number of carbonyl (C=O) groups is 1. The predicted molar refractivity (Wildman–Crippen MR) is 105 cm³/mol. The maximum absolute atomic E-state index is 12.7. The van der Waals surface area contributed by atoms with Gasteiger partial charge in [-0.15, -0.1) is 0 Å². The minimum atomic E-state index is 0.0200. The third-order valence-corrected chi connectivity index (χ3v) is 7.02. The molecule has 0 spiro atoms. The second kappa shape index (κ2) is 7.59. The van der Waals surface area contributed by atoms with Crippen LogP contribution >= 0.6 is 23.4 Å². The molecular formula is C20H22ClN3OS. The summed E-state index contributed by atoms with van der Waals surface area (Å²) in [6.45, 7) is 4.57. The topological polar surface area (TPSA) is 45.2 Å². The first kappa shape index (κ1) is 17.8. The molecule has 3 aliphatic heterocycles. The van der Waals surface area contributed by atoms with Gasteiger partial charge in [0.2, 0.25) is 0 Å². The minimum Gasteiger partial charge on any atom is -0.347 e. The predicted octanol–water partition coefficient (Wildman–Crippen LogP) is 4.10. The van der Waals surface area contributed by atoms with Crippen molar-refractivity contribution in [3.05, 3.63) is 53.3 Å². The zero-order valence-corrected chi connectivity index (χ0v) is 16.3. The van der Waals surface area contributed by atoms with E-state index in [2.05, 4.69) is 22.1 Å². The summed E-state index contributed by atoms with van der Waals surface area (Å²) in [6.07, 6.45) is 4.06. The molecular weight excluding hydrogens is 366 g/mol. The molecule has 4 heterocycles. The second-order valence-electron chi connectivity index (χ2n) is 7.03. The van der Waals surface area contributed by atoms with Crippen LogP contribution in [0.2, 0.25) is 5.15 Å². The largest absolute Gasteiger partial charge is 0.347 e. The van der Waals surface area contributed by atoms with Crippen LogP contribution in [-0.2, 0) is 0 Å². The highest BCUT2D eigenvalue weighted by atomic mass is 35.5. The Balaban J connectivity index is 1.42. The quantitative estimate of drug-likeness (QED) is 0.802. The number of rotatable bonds is 4. The van der Waals surface area contributed by atoms with E-state index in [0.717, 1.165) is 9.79 Å². The number of fused-ring (bicyclic) bond motifs is 3. The van der Waals surface area contributed by atoms with E-state index >= 15 is 0 Å². The van der Waals surface area contributed by atoms with Crippen molar-refractivity contribution >= 4 is 29.3 Å². The number of piperidine rings is 3. The number of amides is 1. The number of carbonyl (C=O) groups excluding carboxylic acids is 1. The Morgan fingerprint density at radius 3 is 2.62 bits per heavy atom. The summed E-state index contributed by atoms with van der Waals surface area (Å²) < 4.78 is 0. The fraction of sp³-hybridized carbons (Fsp3) is 0.400. The van der Waals surface area contributed by atoms with Gasteiger partial charge in [0.05, 0.1) is 0 Å². The number of hydrogen-bond acceptors (Lipinski definition) is 4. The molecule has 3 saturated heterocycles. The Morgan fingerprint density at radius 2 is 1.96 bits per heavy atom. The van der Waals surface area contributed by atoms with Crippen molar-refractivity contribution in [2.45, 2.75) is 41.6 Å². The first-order chi connectivity index (χ1) is 12.6. The van der Waals surface area contributed by atoms with Gasteiger partial charge in [0.15, 0.2) is 0 Å². The first-order valence-electron chi connectivity index (χ1n) is 9.05. The van der Waals surface area contributed by atoms with Crippen LogP contribution in [0.15, 0.2) is 52.4 Å². The van der Waals surface area contributed by atoms with Crippen molar-refractivity contribution in [3.8, 4) is 0 Å². The highest BCUT2D eigenvalue weighted by Gasteiger charge is 2.40. The van der Waals surface area contributed by atoms with Crippen LogP contribution in [0.25, 0.3) is 0 Å². The number of aromatic nitrogens is 1. The zero-order valence-electron chi connectivity index (χ0n) is 14.7. The molecule has 0 unspecified atom stereocenters. The van der Waals surface area contributed by atoms with Crippen LogP contribution in [0.4, 0.5) is 0 Å². The number of hydrogen-bond donors (Lipinski definition) is 1. The van der Waals surface area contributed by atoms with Gasteiger partial charge in [-0.3, -0.25) is 9.69 Å². The van der Waals surface area contributed by atoms with E-state index in [1.165, 1.54) is 25.9 Å². The Hall–Kier alpha value is -1.56. The SMILES string of the molecule is C[C@H]1[C@H](NC(=O)c2ccc(Sc3cccnc3Cl)cc2)C2CCN1CC2. The van der Waals surface area contributed by atoms with Crippen molar-refractivity contribution in [1.82, 2.24) is 15.2 Å². The number of halogens is 1. The molecule has 2 aromatic rings. The molecule has 1 aromatic carbocycles. The van der Waals surface area contributed by atoms with Crippen LogP contribution in [0, 0.1) is 5.92 Å². The highest BCUT2D eigenvalue weighted by molar-refractivity contribution is 7.99. The molecule has 0 aliphatic carbocycles. The summed E-state index contributed by atoms with van der Waals surface area (Å²) in [5.74, 6) is 0.632. The Kier molecular flexibility index (Phi) is 5.20. The van der Waals surface area contributed by atoms with Gasteiger partial charge in [-0.2, -0.15) is 0 Å². The first-order valence-corrected chi connectivity index (χ1v) is 10.2. The lowest BCUT2D eigenvalue weighted by atomic mass is 9.79. The number of benzene rings is 1. The van der Waals surface area contributed by atoms with Crippen molar-refractivity contribution in [1.29, 1.82) is 0 Å². The lowest BCUT2D eigenvalue weighted by Crippen LogP contribution is -2.62. The third-order valence-electron chi connectivity index (χ3n) is 5.54. The molecule has 136 valence electrons. The van der Waals surface area contributed by atoms with Crippen molar-refractivity contribution in [2.75, 3.05) is 13.1 Å². The Bertz CT molecular complexity index is 788. The van der Waals surface area contributed by atoms with Gasteiger partial charge >= 0.3 is 0 Å². The van der Waals surface area contributed by atoms with Gasteiger partial charge < -0.3 is 5.32 Å². The summed E-state index contributed by atoms with van der Waals surface area (Å²) in [7, 11) is 0. The summed E-state index contributed by atoms with van der Waals surface area (Å²) >= 11 is 7.66. The molecule has 6 heteroatoms. The molecule has 1 N–H and O–H groups in total. The van der Waals surface area contributed by atoms with Crippen LogP contribution in [0.3, 0.4) is 0 Å². The Morgan fingerprint density at radius 1 is 1.23 bits per heavy atom. The van der Waals surface area contributed by atoms with E-state index in [-0.39, 0.29) is 11.9 Å². The smallest absolute Gasteiger partial charge is 0.251 e. The monoisotopic (exact) mass is 387 g/mol. The molecule has 0 saturated carbocycles. The highest BCUT2D eigenvalue weighted by Crippen LogP contribution is 2.33. The lowest BCUT2D eigenvalue weighted by Gasteiger charge is -2.49. The van der Waals surface area contributed by atoms with Gasteiger partial charge in [-0.25, -0.2) is 4.98 Å². The fourth-order valence-corrected chi connectivity index (χ4v) is 5.07. The van der Waals surface area contributed by atoms with Gasteiger partial charge in [0.25, 0.3) is 5.91 Å². The molecule has 3 fully saturated rings. The summed E-state index contributed by atoms with van der Waals surface area (Å²) in [4.78, 5) is 21.2. The van der Waals surface area contributed by atoms with Gasteiger partial charge in [-0.1, -0.05) is 23.4 Å². The molecule has 0 radical (unpaired) electrons. The maximum Gasteiger partial charge on any atom is 0.251 e. The summed E-state index contributed by atoms with van der Waals surface area (Å²) in [5.41, 5.74) is 0.704. The molecule has 2 atom stereocenters. The van der Waals surface area contributed by atoms with E-state index in [0.29, 0.717) is 22.7 Å². The van der Waals surface area contributed by atoms with Gasteiger partial charge in [0, 0.05) is 33.6 Å². The summed E-state index contributed by atoms with van der Waals surface area (Å²) in [5, 5.41) is 3.77. The molecule has 1 aromatic heterocycles. The number of nitrogens with one attached hydrogen (secondary N) is 1. The lowest BCUT2D eigenvalue weighted by molar-refractivity contribution is 0.0217. The van der Waals surface area contributed by atoms with Crippen LogP contribution < -0.4 is 5.32 Å². The van der Waals surface area contributed by atoms with Gasteiger partial charge in [-0.05, 0) is 75.2 Å². The third kappa shape index (κ3) is 3.61. The van der Waals surface area contributed by atoms with Crippen molar-refractivity contribution in [3.63, 3.8) is 0 Å². The van der Waals surface area contributed by atoms with Crippen LogP contribution in [0.5, 0.6) is 0 Å². The van der Waals surface area contributed by atoms with Gasteiger partial charge in [0.1, 0.15) is 5.15 Å². The number of nitrogens with zero attached hydrogens (tertiary/aromatic N) is 2. The van der Waals surface area contributed by atoms with E-state index in [4.69, 9.17) is 11.6 Å². The van der Waals surface area contributed by atoms with E-state index < -0.39 is 0 Å². The minimum absolute atomic E-state index is 0.0200. The summed E-state index contributed by atoms with van der Waals surface area (Å²) in [6, 6.07) is 12.2. The maximum atomic E-state index is 12.7. The van der Waals surface area contributed by atoms with E-state index in [1.807, 2.05) is 36.4 Å². The average molecular weight is 388 g/mol. The van der Waals surface area contributed by atoms with Crippen LogP contribution in [-0.4, -0.2) is 41.0 Å².